The standard InChI is InChI=1S/C17H27N3O2/c1-5-11-17(4,18)16(22)19-14-10-8-9-13(12-14)15(21)20(6-2)7-3/h8-10,12H,5-7,11,18H2,1-4H3,(H,19,22). The Labute approximate surface area is 132 Å². The predicted octanol–water partition coefficient (Wildman–Crippen LogP) is 2.62. The van der Waals surface area contributed by atoms with Crippen LogP contribution in [0.3, 0.4) is 0 Å². The molecule has 0 radical (unpaired) electrons. The molecule has 0 aromatic heterocycles. The van der Waals surface area contributed by atoms with Gasteiger partial charge in [0.15, 0.2) is 0 Å². The topological polar surface area (TPSA) is 75.4 Å². The monoisotopic (exact) mass is 305 g/mol. The molecule has 0 aliphatic rings. The molecule has 5 nitrogen and oxygen atoms in total. The van der Waals surface area contributed by atoms with Gasteiger partial charge < -0.3 is 16.0 Å². The summed E-state index contributed by atoms with van der Waals surface area (Å²) in [5, 5.41) is 2.80. The van der Waals surface area contributed by atoms with E-state index < -0.39 is 5.54 Å². The lowest BCUT2D eigenvalue weighted by Crippen LogP contribution is -2.48. The average Bonchev–Trinajstić information content (AvgIpc) is 2.48. The fraction of sp³-hybridized carbons (Fsp3) is 0.529. The van der Waals surface area contributed by atoms with Crippen LogP contribution in [0.25, 0.3) is 0 Å². The van der Waals surface area contributed by atoms with E-state index in [4.69, 9.17) is 5.73 Å². The van der Waals surface area contributed by atoms with Crippen LogP contribution in [0.15, 0.2) is 24.3 Å². The van der Waals surface area contributed by atoms with E-state index in [0.29, 0.717) is 30.8 Å². The van der Waals surface area contributed by atoms with Gasteiger partial charge in [-0.15, -0.1) is 0 Å². The van der Waals surface area contributed by atoms with Crippen LogP contribution < -0.4 is 11.1 Å². The lowest BCUT2D eigenvalue weighted by molar-refractivity contribution is -0.120. The van der Waals surface area contributed by atoms with Crippen LogP contribution in [-0.2, 0) is 4.79 Å². The number of nitrogens with zero attached hydrogens (tertiary/aromatic N) is 1. The molecule has 1 aromatic carbocycles. The molecular weight excluding hydrogens is 278 g/mol. The normalized spacial score (nSPS) is 13.3. The molecule has 22 heavy (non-hydrogen) atoms. The third kappa shape index (κ3) is 4.56. The minimum atomic E-state index is -0.909. The maximum atomic E-state index is 12.3. The molecule has 3 N–H and O–H groups in total. The summed E-state index contributed by atoms with van der Waals surface area (Å²) in [4.78, 5) is 26.3. The van der Waals surface area contributed by atoms with E-state index in [9.17, 15) is 9.59 Å². The van der Waals surface area contributed by atoms with Crippen LogP contribution in [0.2, 0.25) is 0 Å². The Bertz CT molecular complexity index is 522. The lowest BCUT2D eigenvalue weighted by Gasteiger charge is -2.23. The van der Waals surface area contributed by atoms with E-state index in [1.54, 1.807) is 36.1 Å². The van der Waals surface area contributed by atoms with Crippen molar-refractivity contribution >= 4 is 17.5 Å². The van der Waals surface area contributed by atoms with Gasteiger partial charge in [0.1, 0.15) is 0 Å². The first kappa shape index (κ1) is 18.2. The number of benzene rings is 1. The van der Waals surface area contributed by atoms with Crippen molar-refractivity contribution in [2.24, 2.45) is 5.73 Å². The third-order valence-electron chi connectivity index (χ3n) is 3.71. The van der Waals surface area contributed by atoms with Gasteiger partial charge in [0, 0.05) is 24.3 Å². The minimum Gasteiger partial charge on any atom is -0.339 e. The molecule has 0 saturated heterocycles. The number of rotatable bonds is 7. The van der Waals surface area contributed by atoms with Gasteiger partial charge in [0.05, 0.1) is 5.54 Å². The molecule has 0 aliphatic heterocycles. The highest BCUT2D eigenvalue weighted by Gasteiger charge is 2.27. The molecule has 1 rings (SSSR count). The van der Waals surface area contributed by atoms with Crippen LogP contribution >= 0.6 is 0 Å². The molecule has 1 unspecified atom stereocenters. The number of hydrogen-bond acceptors (Lipinski definition) is 3. The Hall–Kier alpha value is -1.88. The maximum absolute atomic E-state index is 12.3. The van der Waals surface area contributed by atoms with E-state index in [-0.39, 0.29) is 11.8 Å². The Kier molecular flexibility index (Phi) is 6.56. The van der Waals surface area contributed by atoms with E-state index >= 15 is 0 Å². The summed E-state index contributed by atoms with van der Waals surface area (Å²) in [6.45, 7) is 8.90. The van der Waals surface area contributed by atoms with Gasteiger partial charge in [-0.2, -0.15) is 0 Å². The Morgan fingerprint density at radius 2 is 1.86 bits per heavy atom. The third-order valence-corrected chi connectivity index (χ3v) is 3.71. The van der Waals surface area contributed by atoms with Gasteiger partial charge in [-0.05, 0) is 45.4 Å². The second kappa shape index (κ2) is 7.94. The van der Waals surface area contributed by atoms with E-state index in [1.807, 2.05) is 20.8 Å². The van der Waals surface area contributed by atoms with Gasteiger partial charge in [0.25, 0.3) is 5.91 Å². The van der Waals surface area contributed by atoms with Crippen molar-refractivity contribution in [2.45, 2.75) is 46.1 Å². The fourth-order valence-electron chi connectivity index (χ4n) is 2.33. The highest BCUT2D eigenvalue weighted by molar-refractivity contribution is 6.00. The van der Waals surface area contributed by atoms with E-state index in [1.165, 1.54) is 0 Å². The molecule has 0 bridgehead atoms. The SMILES string of the molecule is CCCC(C)(N)C(=O)Nc1cccc(C(=O)N(CC)CC)c1. The van der Waals surface area contributed by atoms with Crippen LogP contribution in [0.4, 0.5) is 5.69 Å². The first-order valence-corrected chi connectivity index (χ1v) is 7.85. The van der Waals surface area contributed by atoms with E-state index in [0.717, 1.165) is 6.42 Å². The van der Waals surface area contributed by atoms with Crippen molar-refractivity contribution in [3.63, 3.8) is 0 Å². The second-order valence-corrected chi connectivity index (χ2v) is 5.68. The Balaban J connectivity index is 2.89. The zero-order valence-electron chi connectivity index (χ0n) is 14.0. The number of nitrogens with two attached hydrogens (primary N) is 1. The minimum absolute atomic E-state index is 0.0369. The van der Waals surface area contributed by atoms with Crippen molar-refractivity contribution in [1.82, 2.24) is 4.90 Å². The van der Waals surface area contributed by atoms with Gasteiger partial charge in [-0.1, -0.05) is 19.4 Å². The summed E-state index contributed by atoms with van der Waals surface area (Å²) in [5.41, 5.74) is 6.27. The quantitative estimate of drug-likeness (QED) is 0.813. The number of carbonyl (C=O) groups is 2. The van der Waals surface area contributed by atoms with Crippen molar-refractivity contribution < 1.29 is 9.59 Å². The highest BCUT2D eigenvalue weighted by atomic mass is 16.2. The van der Waals surface area contributed by atoms with Crippen LogP contribution in [0, 0.1) is 0 Å². The van der Waals surface area contributed by atoms with Crippen LogP contribution in [0.5, 0.6) is 0 Å². The number of carbonyl (C=O) groups excluding carboxylic acids is 2. The fourth-order valence-corrected chi connectivity index (χ4v) is 2.33. The molecule has 1 atom stereocenters. The van der Waals surface area contributed by atoms with Gasteiger partial charge >= 0.3 is 0 Å². The molecular formula is C17H27N3O2. The molecule has 0 fully saturated rings. The van der Waals surface area contributed by atoms with Crippen molar-refractivity contribution in [1.29, 1.82) is 0 Å². The van der Waals surface area contributed by atoms with E-state index in [2.05, 4.69) is 5.32 Å². The van der Waals surface area contributed by atoms with Gasteiger partial charge in [-0.3, -0.25) is 9.59 Å². The smallest absolute Gasteiger partial charge is 0.253 e. The highest BCUT2D eigenvalue weighted by Crippen LogP contribution is 2.16. The summed E-state index contributed by atoms with van der Waals surface area (Å²) in [6.07, 6.45) is 1.44. The Morgan fingerprint density at radius 1 is 1.23 bits per heavy atom. The molecule has 2 amide bonds. The summed E-state index contributed by atoms with van der Waals surface area (Å²) in [7, 11) is 0. The molecule has 0 aliphatic carbocycles. The van der Waals surface area contributed by atoms with Gasteiger partial charge in [0.2, 0.25) is 5.91 Å². The molecule has 0 saturated carbocycles. The largest absolute Gasteiger partial charge is 0.339 e. The number of hydrogen-bond donors (Lipinski definition) is 2. The van der Waals surface area contributed by atoms with Gasteiger partial charge in [-0.25, -0.2) is 0 Å². The van der Waals surface area contributed by atoms with Crippen LogP contribution in [-0.4, -0.2) is 35.3 Å². The summed E-state index contributed by atoms with van der Waals surface area (Å²) in [5.74, 6) is -0.271. The lowest BCUT2D eigenvalue weighted by atomic mass is 9.96. The van der Waals surface area contributed by atoms with Crippen molar-refractivity contribution in [2.75, 3.05) is 18.4 Å². The number of amides is 2. The molecule has 0 spiro atoms. The Morgan fingerprint density at radius 3 is 2.41 bits per heavy atom. The summed E-state index contributed by atoms with van der Waals surface area (Å²) in [6, 6.07) is 6.98. The summed E-state index contributed by atoms with van der Waals surface area (Å²) < 4.78 is 0. The predicted molar refractivity (Wildman–Crippen MR) is 89.8 cm³/mol. The average molecular weight is 305 g/mol. The summed E-state index contributed by atoms with van der Waals surface area (Å²) >= 11 is 0. The van der Waals surface area contributed by atoms with Crippen molar-refractivity contribution in [3.05, 3.63) is 29.8 Å². The maximum Gasteiger partial charge on any atom is 0.253 e. The zero-order chi connectivity index (χ0) is 16.8. The molecule has 0 heterocycles. The number of anilines is 1. The zero-order valence-corrected chi connectivity index (χ0v) is 14.0. The van der Waals surface area contributed by atoms with Crippen molar-refractivity contribution in [3.8, 4) is 0 Å². The molecule has 122 valence electrons. The molecule has 1 aromatic rings. The first-order chi connectivity index (χ1) is 10.4. The second-order valence-electron chi connectivity index (χ2n) is 5.68. The molecule has 5 heteroatoms. The van der Waals surface area contributed by atoms with Crippen LogP contribution in [0.1, 0.15) is 50.9 Å². The number of nitrogens with one attached hydrogen (secondary N) is 1. The first-order valence-electron chi connectivity index (χ1n) is 7.85.